The van der Waals surface area contributed by atoms with E-state index in [1.54, 1.807) is 6.92 Å². The Bertz CT molecular complexity index is 560. The molecule has 0 aliphatic heterocycles. The molecule has 0 saturated heterocycles. The molecule has 0 aliphatic rings. The smallest absolute Gasteiger partial charge is 0.252 e. The van der Waals surface area contributed by atoms with Gasteiger partial charge in [-0.15, -0.1) is 0 Å². The van der Waals surface area contributed by atoms with E-state index >= 15 is 0 Å². The average molecular weight is 342 g/mol. The highest BCUT2D eigenvalue weighted by molar-refractivity contribution is 9.10. The second-order valence-electron chi connectivity index (χ2n) is 3.17. The van der Waals surface area contributed by atoms with Gasteiger partial charge in [0, 0.05) is 11.0 Å². The molecule has 0 unspecified atom stereocenters. The van der Waals surface area contributed by atoms with Gasteiger partial charge in [0.2, 0.25) is 10.0 Å². The molecular weight excluding hydrogens is 332 g/mol. The quantitative estimate of drug-likeness (QED) is 0.873. The van der Waals surface area contributed by atoms with Crippen molar-refractivity contribution in [1.29, 1.82) is 0 Å². The average Bonchev–Trinajstić information content (AvgIpc) is 2.15. The Labute approximate surface area is 113 Å². The minimum atomic E-state index is -3.91. The highest BCUT2D eigenvalue weighted by Gasteiger charge is 2.19. The predicted molar refractivity (Wildman–Crippen MR) is 68.5 cm³/mol. The van der Waals surface area contributed by atoms with Crippen LogP contribution in [0.5, 0.6) is 0 Å². The number of carbonyl (C=O) groups excluding carboxylic acids is 1. The van der Waals surface area contributed by atoms with Crippen molar-refractivity contribution < 1.29 is 13.2 Å². The van der Waals surface area contributed by atoms with Gasteiger partial charge >= 0.3 is 0 Å². The van der Waals surface area contributed by atoms with E-state index in [0.29, 0.717) is 6.54 Å². The zero-order valence-electron chi connectivity index (χ0n) is 8.83. The molecule has 8 heteroatoms. The van der Waals surface area contributed by atoms with E-state index in [0.717, 1.165) is 6.07 Å². The third-order valence-electron chi connectivity index (χ3n) is 1.91. The largest absolute Gasteiger partial charge is 0.352 e. The fourth-order valence-electron chi connectivity index (χ4n) is 1.18. The van der Waals surface area contributed by atoms with Crippen LogP contribution in [0.3, 0.4) is 0 Å². The summed E-state index contributed by atoms with van der Waals surface area (Å²) in [6, 6.07) is 2.47. The Morgan fingerprint density at radius 1 is 1.53 bits per heavy atom. The number of amides is 1. The third kappa shape index (κ3) is 3.41. The highest BCUT2D eigenvalue weighted by atomic mass is 79.9. The van der Waals surface area contributed by atoms with Gasteiger partial charge in [-0.1, -0.05) is 11.6 Å². The molecular formula is C9H10BrClN2O3S. The summed E-state index contributed by atoms with van der Waals surface area (Å²) in [6.07, 6.45) is 0. The molecule has 0 radical (unpaired) electrons. The van der Waals surface area contributed by atoms with E-state index in [1.807, 2.05) is 0 Å². The number of benzene rings is 1. The van der Waals surface area contributed by atoms with Crippen LogP contribution in [0.4, 0.5) is 0 Å². The summed E-state index contributed by atoms with van der Waals surface area (Å²) in [6.45, 7) is 2.15. The summed E-state index contributed by atoms with van der Waals surface area (Å²) in [4.78, 5) is 11.4. The molecule has 0 fully saturated rings. The van der Waals surface area contributed by atoms with Crippen molar-refractivity contribution >= 4 is 43.5 Å². The van der Waals surface area contributed by atoms with Crippen molar-refractivity contribution in [2.45, 2.75) is 11.8 Å². The molecule has 0 saturated carbocycles. The number of hydrogen-bond acceptors (Lipinski definition) is 3. The number of carbonyl (C=O) groups is 1. The number of halogens is 2. The van der Waals surface area contributed by atoms with Gasteiger partial charge in [-0.25, -0.2) is 13.6 Å². The lowest BCUT2D eigenvalue weighted by Gasteiger charge is -2.08. The molecule has 0 atom stereocenters. The molecule has 0 aromatic heterocycles. The van der Waals surface area contributed by atoms with Crippen molar-refractivity contribution in [2.24, 2.45) is 5.14 Å². The Kier molecular flexibility index (Phi) is 4.54. The molecule has 1 aromatic carbocycles. The Morgan fingerprint density at radius 2 is 2.12 bits per heavy atom. The number of rotatable bonds is 3. The molecule has 3 N–H and O–H groups in total. The van der Waals surface area contributed by atoms with Crippen molar-refractivity contribution in [3.63, 3.8) is 0 Å². The number of primary sulfonamides is 1. The summed E-state index contributed by atoms with van der Waals surface area (Å²) in [5.41, 5.74) is 0.0701. The zero-order chi connectivity index (χ0) is 13.2. The van der Waals surface area contributed by atoms with Crippen LogP contribution in [0.1, 0.15) is 17.3 Å². The molecule has 17 heavy (non-hydrogen) atoms. The van der Waals surface area contributed by atoms with Crippen molar-refractivity contribution in [1.82, 2.24) is 5.32 Å². The van der Waals surface area contributed by atoms with Gasteiger partial charge in [0.1, 0.15) is 0 Å². The first-order chi connectivity index (χ1) is 7.77. The van der Waals surface area contributed by atoms with Crippen LogP contribution in [0, 0.1) is 0 Å². The molecule has 5 nitrogen and oxygen atoms in total. The molecule has 1 amide bonds. The molecule has 0 spiro atoms. The van der Waals surface area contributed by atoms with Crippen LogP contribution >= 0.6 is 27.5 Å². The molecule has 94 valence electrons. The Hall–Kier alpha value is -0.630. The molecule has 0 bridgehead atoms. The fraction of sp³-hybridized carbons (Fsp3) is 0.222. The van der Waals surface area contributed by atoms with Crippen LogP contribution < -0.4 is 10.5 Å². The normalized spacial score (nSPS) is 11.3. The van der Waals surface area contributed by atoms with Gasteiger partial charge in [0.25, 0.3) is 5.91 Å². The first-order valence-electron chi connectivity index (χ1n) is 4.57. The maximum absolute atomic E-state index is 11.6. The topological polar surface area (TPSA) is 89.3 Å². The first kappa shape index (κ1) is 14.4. The standard InChI is InChI=1S/C9H10BrClN2O3S/c1-2-13-9(14)5-3-8(17(12,15)16)6(10)4-7(5)11/h3-4H,2H2,1H3,(H,13,14)(H2,12,15,16). The number of sulfonamides is 1. The minimum absolute atomic E-state index is 0.0701. The van der Waals surface area contributed by atoms with Gasteiger partial charge in [0.15, 0.2) is 0 Å². The highest BCUT2D eigenvalue weighted by Crippen LogP contribution is 2.28. The summed E-state index contributed by atoms with van der Waals surface area (Å²) in [5.74, 6) is -0.449. The Morgan fingerprint density at radius 3 is 2.59 bits per heavy atom. The maximum atomic E-state index is 11.6. The van der Waals surface area contributed by atoms with Crippen LogP contribution in [-0.2, 0) is 10.0 Å². The lowest BCUT2D eigenvalue weighted by Crippen LogP contribution is -2.24. The number of nitrogens with two attached hydrogens (primary N) is 1. The SMILES string of the molecule is CCNC(=O)c1cc(S(N)(=O)=O)c(Br)cc1Cl. The second kappa shape index (κ2) is 5.34. The van der Waals surface area contributed by atoms with Gasteiger partial charge in [-0.2, -0.15) is 0 Å². The third-order valence-corrected chi connectivity index (χ3v) is 4.09. The fourth-order valence-corrected chi connectivity index (χ4v) is 3.19. The van der Waals surface area contributed by atoms with Crippen molar-refractivity contribution in [2.75, 3.05) is 6.54 Å². The van der Waals surface area contributed by atoms with E-state index in [-0.39, 0.29) is 20.0 Å². The van der Waals surface area contributed by atoms with Gasteiger partial charge in [-0.3, -0.25) is 4.79 Å². The van der Waals surface area contributed by atoms with Gasteiger partial charge in [0.05, 0.1) is 15.5 Å². The lowest BCUT2D eigenvalue weighted by atomic mass is 10.2. The van der Waals surface area contributed by atoms with E-state index in [1.165, 1.54) is 6.07 Å². The van der Waals surface area contributed by atoms with Crippen LogP contribution in [0.15, 0.2) is 21.5 Å². The van der Waals surface area contributed by atoms with Crippen molar-refractivity contribution in [3.8, 4) is 0 Å². The second-order valence-corrected chi connectivity index (χ2v) is 5.96. The minimum Gasteiger partial charge on any atom is -0.352 e. The van der Waals surface area contributed by atoms with Crippen LogP contribution in [0.2, 0.25) is 5.02 Å². The molecule has 0 heterocycles. The zero-order valence-corrected chi connectivity index (χ0v) is 12.0. The van der Waals surface area contributed by atoms with Crippen molar-refractivity contribution in [3.05, 3.63) is 27.2 Å². The summed E-state index contributed by atoms with van der Waals surface area (Å²) in [7, 11) is -3.91. The molecule has 0 aliphatic carbocycles. The summed E-state index contributed by atoms with van der Waals surface area (Å²) < 4.78 is 22.8. The number of hydrogen-bond donors (Lipinski definition) is 2. The molecule has 1 aromatic rings. The summed E-state index contributed by atoms with van der Waals surface area (Å²) in [5, 5.41) is 7.69. The van der Waals surface area contributed by atoms with E-state index < -0.39 is 15.9 Å². The van der Waals surface area contributed by atoms with Gasteiger partial charge in [-0.05, 0) is 35.0 Å². The van der Waals surface area contributed by atoms with Crippen LogP contribution in [0.25, 0.3) is 0 Å². The summed E-state index contributed by atoms with van der Waals surface area (Å²) >= 11 is 8.89. The number of nitrogens with one attached hydrogen (secondary N) is 1. The maximum Gasteiger partial charge on any atom is 0.252 e. The van der Waals surface area contributed by atoms with E-state index in [4.69, 9.17) is 16.7 Å². The first-order valence-corrected chi connectivity index (χ1v) is 7.29. The Balaban J connectivity index is 3.39. The van der Waals surface area contributed by atoms with E-state index in [2.05, 4.69) is 21.2 Å². The predicted octanol–water partition coefficient (Wildman–Crippen LogP) is 1.50. The monoisotopic (exact) mass is 340 g/mol. The van der Waals surface area contributed by atoms with Crippen LogP contribution in [-0.4, -0.2) is 20.9 Å². The van der Waals surface area contributed by atoms with Gasteiger partial charge < -0.3 is 5.32 Å². The van der Waals surface area contributed by atoms with E-state index in [9.17, 15) is 13.2 Å². The lowest BCUT2D eigenvalue weighted by molar-refractivity contribution is 0.0955. The molecule has 1 rings (SSSR count).